The third kappa shape index (κ3) is 3.94. The smallest absolute Gasteiger partial charge is 0.253 e. The number of hydrogen-bond acceptors (Lipinski definition) is 4. The van der Waals surface area contributed by atoms with Gasteiger partial charge in [-0.3, -0.25) is 0 Å². The van der Waals surface area contributed by atoms with Gasteiger partial charge < -0.3 is 15.5 Å². The van der Waals surface area contributed by atoms with E-state index in [1.54, 1.807) is 0 Å². The van der Waals surface area contributed by atoms with Gasteiger partial charge in [-0.25, -0.2) is 9.97 Å². The Bertz CT molecular complexity index is 732. The standard InChI is InChI=1S/C17H21ClN6/c1-12-10-13(2)21-17(20-12)22-16(19)24-8-6-23(7-9-24)15-5-3-4-14(18)11-15/h3-5,10-11H,6-9H2,1-2H3,(H2,19,20,21,22). The Kier molecular flexibility index (Phi) is 4.85. The summed E-state index contributed by atoms with van der Waals surface area (Å²) in [6.45, 7) is 7.18. The largest absolute Gasteiger partial charge is 0.369 e. The van der Waals surface area contributed by atoms with Crippen molar-refractivity contribution in [1.29, 1.82) is 0 Å². The fraction of sp³-hybridized carbons (Fsp3) is 0.353. The van der Waals surface area contributed by atoms with Crippen molar-refractivity contribution < 1.29 is 0 Å². The van der Waals surface area contributed by atoms with E-state index in [9.17, 15) is 0 Å². The molecule has 6 nitrogen and oxygen atoms in total. The van der Waals surface area contributed by atoms with Crippen LogP contribution in [0.25, 0.3) is 0 Å². The first-order chi connectivity index (χ1) is 11.5. The number of rotatable bonds is 2. The summed E-state index contributed by atoms with van der Waals surface area (Å²) in [5.41, 5.74) is 9.06. The minimum Gasteiger partial charge on any atom is -0.369 e. The van der Waals surface area contributed by atoms with Crippen LogP contribution >= 0.6 is 11.6 Å². The van der Waals surface area contributed by atoms with Gasteiger partial charge >= 0.3 is 0 Å². The second-order valence-corrected chi connectivity index (χ2v) is 6.31. The van der Waals surface area contributed by atoms with Crippen LogP contribution in [0.15, 0.2) is 35.3 Å². The molecule has 0 atom stereocenters. The molecule has 3 rings (SSSR count). The lowest BCUT2D eigenvalue weighted by Gasteiger charge is -2.36. The maximum absolute atomic E-state index is 6.15. The second-order valence-electron chi connectivity index (χ2n) is 5.87. The van der Waals surface area contributed by atoms with Crippen molar-refractivity contribution in [2.45, 2.75) is 13.8 Å². The van der Waals surface area contributed by atoms with Gasteiger partial charge in [0.25, 0.3) is 5.95 Å². The monoisotopic (exact) mass is 344 g/mol. The number of piperazine rings is 1. The number of aryl methyl sites for hydroxylation is 2. The summed E-state index contributed by atoms with van der Waals surface area (Å²) in [6.07, 6.45) is 0. The quantitative estimate of drug-likeness (QED) is 0.669. The highest BCUT2D eigenvalue weighted by Crippen LogP contribution is 2.20. The molecule has 0 unspecified atom stereocenters. The predicted octanol–water partition coefficient (Wildman–Crippen LogP) is 2.52. The highest BCUT2D eigenvalue weighted by molar-refractivity contribution is 6.30. The van der Waals surface area contributed by atoms with E-state index >= 15 is 0 Å². The number of halogens is 1. The van der Waals surface area contributed by atoms with E-state index in [-0.39, 0.29) is 0 Å². The summed E-state index contributed by atoms with van der Waals surface area (Å²) in [7, 11) is 0. The molecular weight excluding hydrogens is 324 g/mol. The van der Waals surface area contributed by atoms with Crippen molar-refractivity contribution in [3.63, 3.8) is 0 Å². The van der Waals surface area contributed by atoms with Crippen LogP contribution in [0.2, 0.25) is 5.02 Å². The van der Waals surface area contributed by atoms with Crippen molar-refractivity contribution in [2.75, 3.05) is 31.1 Å². The van der Waals surface area contributed by atoms with Crippen LogP contribution in [0.5, 0.6) is 0 Å². The lowest BCUT2D eigenvalue weighted by molar-refractivity contribution is 0.382. The minimum absolute atomic E-state index is 0.419. The van der Waals surface area contributed by atoms with Gasteiger partial charge in [0.1, 0.15) is 0 Å². The highest BCUT2D eigenvalue weighted by atomic mass is 35.5. The number of aliphatic imine (C=N–C) groups is 1. The zero-order valence-electron chi connectivity index (χ0n) is 13.9. The summed E-state index contributed by atoms with van der Waals surface area (Å²) in [5, 5.41) is 0.753. The molecule has 1 aromatic heterocycles. The molecule has 2 N–H and O–H groups in total. The van der Waals surface area contributed by atoms with Crippen molar-refractivity contribution in [3.05, 3.63) is 46.7 Å². The van der Waals surface area contributed by atoms with Gasteiger partial charge in [0.2, 0.25) is 0 Å². The van der Waals surface area contributed by atoms with Gasteiger partial charge in [-0.05, 0) is 38.1 Å². The molecule has 1 saturated heterocycles. The number of benzene rings is 1. The van der Waals surface area contributed by atoms with Gasteiger partial charge in [0.05, 0.1) is 0 Å². The van der Waals surface area contributed by atoms with Crippen LogP contribution in [0.3, 0.4) is 0 Å². The second kappa shape index (κ2) is 7.05. The van der Waals surface area contributed by atoms with Gasteiger partial charge in [0, 0.05) is 48.3 Å². The molecular formula is C17H21ClN6. The van der Waals surface area contributed by atoms with Gasteiger partial charge in [-0.1, -0.05) is 17.7 Å². The lowest BCUT2D eigenvalue weighted by Crippen LogP contribution is -2.51. The molecule has 1 fully saturated rings. The SMILES string of the molecule is Cc1cc(C)nc(/N=C(/N)N2CCN(c3cccc(Cl)c3)CC2)n1. The molecule has 0 amide bonds. The normalized spacial score (nSPS) is 15.7. The van der Waals surface area contributed by atoms with Crippen LogP contribution in [0.1, 0.15) is 11.4 Å². The summed E-state index contributed by atoms with van der Waals surface area (Å²) < 4.78 is 0. The summed E-state index contributed by atoms with van der Waals surface area (Å²) in [4.78, 5) is 17.3. The summed E-state index contributed by atoms with van der Waals surface area (Å²) in [5.74, 6) is 0.882. The summed E-state index contributed by atoms with van der Waals surface area (Å²) in [6, 6.07) is 9.83. The average molecular weight is 345 g/mol. The maximum atomic E-state index is 6.15. The highest BCUT2D eigenvalue weighted by Gasteiger charge is 2.19. The Hall–Kier alpha value is -2.34. The first-order valence-electron chi connectivity index (χ1n) is 7.93. The zero-order chi connectivity index (χ0) is 17.1. The molecule has 0 spiro atoms. The van der Waals surface area contributed by atoms with E-state index in [0.29, 0.717) is 11.9 Å². The molecule has 0 aliphatic carbocycles. The van der Waals surface area contributed by atoms with Crippen molar-refractivity contribution in [3.8, 4) is 0 Å². The van der Waals surface area contributed by atoms with Crippen LogP contribution in [0, 0.1) is 13.8 Å². The third-order valence-electron chi connectivity index (χ3n) is 3.96. The molecule has 0 saturated carbocycles. The fourth-order valence-electron chi connectivity index (χ4n) is 2.80. The molecule has 126 valence electrons. The first-order valence-corrected chi connectivity index (χ1v) is 8.31. The zero-order valence-corrected chi connectivity index (χ0v) is 14.7. The average Bonchev–Trinajstić information content (AvgIpc) is 2.54. The number of anilines is 1. The molecule has 7 heteroatoms. The molecule has 24 heavy (non-hydrogen) atoms. The van der Waals surface area contributed by atoms with E-state index in [4.69, 9.17) is 17.3 Å². The fourth-order valence-corrected chi connectivity index (χ4v) is 2.98. The minimum atomic E-state index is 0.419. The Labute approximate surface area is 147 Å². The number of hydrogen-bond donors (Lipinski definition) is 1. The lowest BCUT2D eigenvalue weighted by atomic mass is 10.2. The van der Waals surface area contributed by atoms with Crippen LogP contribution in [-0.2, 0) is 0 Å². The number of guanidine groups is 1. The van der Waals surface area contributed by atoms with E-state index in [0.717, 1.165) is 48.3 Å². The molecule has 1 aliphatic heterocycles. The van der Waals surface area contributed by atoms with Gasteiger partial charge in [0.15, 0.2) is 5.96 Å². The summed E-state index contributed by atoms with van der Waals surface area (Å²) >= 11 is 6.07. The molecule has 2 heterocycles. The van der Waals surface area contributed by atoms with E-state index in [1.807, 2.05) is 38.1 Å². The Morgan fingerprint density at radius 3 is 2.38 bits per heavy atom. The van der Waals surface area contributed by atoms with Crippen LogP contribution < -0.4 is 10.6 Å². The Morgan fingerprint density at radius 1 is 1.08 bits per heavy atom. The third-order valence-corrected chi connectivity index (χ3v) is 4.20. The Morgan fingerprint density at radius 2 is 1.75 bits per heavy atom. The van der Waals surface area contributed by atoms with Crippen molar-refractivity contribution in [1.82, 2.24) is 14.9 Å². The maximum Gasteiger partial charge on any atom is 0.253 e. The number of nitrogens with two attached hydrogens (primary N) is 1. The Balaban J connectivity index is 1.66. The molecule has 2 aromatic rings. The number of nitrogens with zero attached hydrogens (tertiary/aromatic N) is 5. The van der Waals surface area contributed by atoms with E-state index in [2.05, 4.69) is 30.8 Å². The van der Waals surface area contributed by atoms with Crippen molar-refractivity contribution in [2.24, 2.45) is 10.7 Å². The topological polar surface area (TPSA) is 70.6 Å². The molecule has 0 bridgehead atoms. The van der Waals surface area contributed by atoms with Crippen LogP contribution in [0.4, 0.5) is 11.6 Å². The van der Waals surface area contributed by atoms with Crippen LogP contribution in [-0.4, -0.2) is 47.0 Å². The molecule has 0 radical (unpaired) electrons. The van der Waals surface area contributed by atoms with E-state index < -0.39 is 0 Å². The van der Waals surface area contributed by atoms with E-state index in [1.165, 1.54) is 0 Å². The predicted molar refractivity (Wildman–Crippen MR) is 98.0 cm³/mol. The van der Waals surface area contributed by atoms with Crippen molar-refractivity contribution >= 4 is 29.2 Å². The van der Waals surface area contributed by atoms with Gasteiger partial charge in [-0.2, -0.15) is 4.99 Å². The molecule has 1 aromatic carbocycles. The number of aromatic nitrogens is 2. The first kappa shape index (κ1) is 16.5. The molecule has 1 aliphatic rings. The van der Waals surface area contributed by atoms with Gasteiger partial charge in [-0.15, -0.1) is 0 Å².